The normalized spacial score (nSPS) is 12.0. The second-order valence-electron chi connectivity index (χ2n) is 4.77. The number of hydrogen-bond acceptors (Lipinski definition) is 5. The van der Waals surface area contributed by atoms with Crippen LogP contribution >= 0.6 is 0 Å². The molecule has 1 heterocycles. The fourth-order valence-corrected chi connectivity index (χ4v) is 2.18. The van der Waals surface area contributed by atoms with E-state index in [1.165, 1.54) is 12.4 Å². The Hall–Kier alpha value is -2.34. The summed E-state index contributed by atoms with van der Waals surface area (Å²) in [7, 11) is 0. The van der Waals surface area contributed by atoms with Gasteiger partial charge in [0.1, 0.15) is 6.33 Å². The van der Waals surface area contributed by atoms with Gasteiger partial charge in [0.05, 0.1) is 10.6 Å². The molecule has 110 valence electrons. The number of hydrogen-bond donors (Lipinski definition) is 1. The fraction of sp³-hybridized carbons (Fsp3) is 0.333. The van der Waals surface area contributed by atoms with Crippen LogP contribution in [0.4, 0.5) is 5.69 Å². The lowest BCUT2D eigenvalue weighted by Crippen LogP contribution is -2.21. The van der Waals surface area contributed by atoms with Crippen LogP contribution in [0.15, 0.2) is 42.9 Å². The molecule has 2 rings (SSSR count). The average molecular weight is 286 g/mol. The van der Waals surface area contributed by atoms with Crippen LogP contribution in [0.2, 0.25) is 0 Å². The highest BCUT2D eigenvalue weighted by atomic mass is 16.6. The number of nitrogens with one attached hydrogen (secondary N) is 1. The monoisotopic (exact) mass is 286 g/mol. The van der Waals surface area contributed by atoms with Crippen molar-refractivity contribution in [3.63, 3.8) is 0 Å². The molecule has 0 aliphatic rings. The number of benzene rings is 1. The summed E-state index contributed by atoms with van der Waals surface area (Å²) in [5, 5.41) is 14.3. The molecule has 0 amide bonds. The summed E-state index contributed by atoms with van der Waals surface area (Å²) in [6, 6.07) is 8.71. The van der Waals surface area contributed by atoms with Crippen molar-refractivity contribution in [2.45, 2.75) is 32.4 Å². The third-order valence-electron chi connectivity index (χ3n) is 3.23. The maximum atomic E-state index is 10.9. The lowest BCUT2D eigenvalue weighted by molar-refractivity contribution is -0.384. The Bertz CT molecular complexity index is 589. The van der Waals surface area contributed by atoms with Crippen molar-refractivity contribution in [1.82, 2.24) is 15.3 Å². The van der Waals surface area contributed by atoms with Crippen LogP contribution in [0.25, 0.3) is 0 Å². The highest BCUT2D eigenvalue weighted by Gasteiger charge is 2.14. The van der Waals surface area contributed by atoms with Crippen LogP contribution in [0, 0.1) is 10.1 Å². The molecular weight excluding hydrogens is 268 g/mol. The van der Waals surface area contributed by atoms with Crippen molar-refractivity contribution in [2.75, 3.05) is 0 Å². The summed E-state index contributed by atoms with van der Waals surface area (Å²) in [4.78, 5) is 18.6. The number of non-ortho nitro benzene ring substituents is 1. The van der Waals surface area contributed by atoms with Gasteiger partial charge in [-0.1, -0.05) is 25.5 Å². The van der Waals surface area contributed by atoms with Gasteiger partial charge in [-0.25, -0.2) is 9.97 Å². The van der Waals surface area contributed by atoms with Crippen molar-refractivity contribution < 1.29 is 4.92 Å². The lowest BCUT2D eigenvalue weighted by atomic mass is 10.0. The maximum Gasteiger partial charge on any atom is 0.269 e. The van der Waals surface area contributed by atoms with E-state index in [4.69, 9.17) is 0 Å². The van der Waals surface area contributed by atoms with Gasteiger partial charge in [-0.05, 0) is 18.1 Å². The molecule has 1 unspecified atom stereocenters. The van der Waals surface area contributed by atoms with Gasteiger partial charge >= 0.3 is 0 Å². The molecule has 0 fully saturated rings. The number of rotatable bonds is 7. The summed E-state index contributed by atoms with van der Waals surface area (Å²) < 4.78 is 0. The number of nitro groups is 1. The van der Waals surface area contributed by atoms with Crippen molar-refractivity contribution in [2.24, 2.45) is 0 Å². The number of nitro benzene ring substituents is 1. The molecule has 1 aromatic heterocycles. The van der Waals surface area contributed by atoms with Gasteiger partial charge in [-0.2, -0.15) is 0 Å². The maximum absolute atomic E-state index is 10.9. The van der Waals surface area contributed by atoms with E-state index in [1.807, 2.05) is 12.1 Å². The molecule has 0 saturated carbocycles. The summed E-state index contributed by atoms with van der Waals surface area (Å²) in [5.74, 6) is 0. The molecule has 6 heteroatoms. The van der Waals surface area contributed by atoms with E-state index >= 15 is 0 Å². The van der Waals surface area contributed by atoms with E-state index in [0.29, 0.717) is 6.54 Å². The minimum Gasteiger partial charge on any atom is -0.304 e. The predicted octanol–water partition coefficient (Wildman–Crippen LogP) is 3.02. The Balaban J connectivity index is 2.11. The van der Waals surface area contributed by atoms with E-state index in [0.717, 1.165) is 24.1 Å². The summed E-state index contributed by atoms with van der Waals surface area (Å²) >= 11 is 0. The van der Waals surface area contributed by atoms with E-state index in [2.05, 4.69) is 22.2 Å². The Morgan fingerprint density at radius 3 is 2.90 bits per heavy atom. The Kier molecular flexibility index (Phi) is 5.34. The van der Waals surface area contributed by atoms with Crippen molar-refractivity contribution >= 4 is 5.69 Å². The minimum absolute atomic E-state index is 0.0739. The smallest absolute Gasteiger partial charge is 0.269 e. The summed E-state index contributed by atoms with van der Waals surface area (Å²) in [6.45, 7) is 2.70. The number of nitrogens with zero attached hydrogens (tertiary/aromatic N) is 3. The Morgan fingerprint density at radius 2 is 2.24 bits per heavy atom. The average Bonchev–Trinajstić information content (AvgIpc) is 2.52. The molecule has 1 atom stereocenters. The predicted molar refractivity (Wildman–Crippen MR) is 79.6 cm³/mol. The van der Waals surface area contributed by atoms with Crippen molar-refractivity contribution in [1.29, 1.82) is 0 Å². The largest absolute Gasteiger partial charge is 0.304 e. The zero-order valence-corrected chi connectivity index (χ0v) is 11.9. The molecular formula is C15H18N4O2. The van der Waals surface area contributed by atoms with Gasteiger partial charge in [0, 0.05) is 30.9 Å². The zero-order valence-electron chi connectivity index (χ0n) is 11.9. The third-order valence-corrected chi connectivity index (χ3v) is 3.23. The van der Waals surface area contributed by atoms with Gasteiger partial charge in [0.15, 0.2) is 0 Å². The van der Waals surface area contributed by atoms with Gasteiger partial charge in [0.2, 0.25) is 0 Å². The van der Waals surface area contributed by atoms with Crippen LogP contribution < -0.4 is 5.32 Å². The molecule has 6 nitrogen and oxygen atoms in total. The second-order valence-corrected chi connectivity index (χ2v) is 4.77. The third kappa shape index (κ3) is 4.32. The van der Waals surface area contributed by atoms with E-state index < -0.39 is 0 Å². The van der Waals surface area contributed by atoms with Crippen LogP contribution in [-0.2, 0) is 6.54 Å². The second kappa shape index (κ2) is 7.44. The molecule has 1 aromatic carbocycles. The first-order valence-corrected chi connectivity index (χ1v) is 6.93. The Morgan fingerprint density at radius 1 is 1.38 bits per heavy atom. The molecule has 0 saturated heterocycles. The highest BCUT2D eigenvalue weighted by Crippen LogP contribution is 2.23. The van der Waals surface area contributed by atoms with Gasteiger partial charge in [0.25, 0.3) is 5.69 Å². The molecule has 0 bridgehead atoms. The molecule has 0 aliphatic heterocycles. The summed E-state index contributed by atoms with van der Waals surface area (Å²) in [6.07, 6.45) is 5.11. The molecule has 0 aliphatic carbocycles. The van der Waals surface area contributed by atoms with E-state index in [1.54, 1.807) is 18.3 Å². The fourth-order valence-electron chi connectivity index (χ4n) is 2.18. The summed E-state index contributed by atoms with van der Waals surface area (Å²) in [5.41, 5.74) is 1.95. The Labute approximate surface area is 123 Å². The first-order valence-electron chi connectivity index (χ1n) is 6.93. The van der Waals surface area contributed by atoms with Crippen LogP contribution in [0.1, 0.15) is 37.1 Å². The first kappa shape index (κ1) is 15.1. The van der Waals surface area contributed by atoms with Gasteiger partial charge in [-0.3, -0.25) is 10.1 Å². The van der Waals surface area contributed by atoms with Crippen LogP contribution in [-0.4, -0.2) is 14.9 Å². The molecule has 0 spiro atoms. The first-order chi connectivity index (χ1) is 10.2. The number of aromatic nitrogens is 2. The molecule has 2 aromatic rings. The SMILES string of the molecule is CCCC(NCc1ccncn1)c1cccc([N+](=O)[O-])c1. The highest BCUT2D eigenvalue weighted by molar-refractivity contribution is 5.35. The zero-order chi connectivity index (χ0) is 15.1. The molecule has 1 N–H and O–H groups in total. The van der Waals surface area contributed by atoms with Gasteiger partial charge in [-0.15, -0.1) is 0 Å². The van der Waals surface area contributed by atoms with Crippen molar-refractivity contribution in [3.8, 4) is 0 Å². The van der Waals surface area contributed by atoms with Gasteiger partial charge < -0.3 is 5.32 Å². The van der Waals surface area contributed by atoms with Crippen LogP contribution in [0.5, 0.6) is 0 Å². The lowest BCUT2D eigenvalue weighted by Gasteiger charge is -2.18. The van der Waals surface area contributed by atoms with Crippen molar-refractivity contribution in [3.05, 3.63) is 64.2 Å². The molecule has 0 radical (unpaired) electrons. The topological polar surface area (TPSA) is 81.0 Å². The quantitative estimate of drug-likeness (QED) is 0.625. The van der Waals surface area contributed by atoms with E-state index in [9.17, 15) is 10.1 Å². The van der Waals surface area contributed by atoms with E-state index in [-0.39, 0.29) is 16.7 Å². The van der Waals surface area contributed by atoms with Crippen LogP contribution in [0.3, 0.4) is 0 Å². The minimum atomic E-state index is -0.364. The standard InChI is InChI=1S/C15H18N4O2/c1-2-4-15(17-10-13-7-8-16-11-18-13)12-5-3-6-14(9-12)19(20)21/h3,5-9,11,15,17H,2,4,10H2,1H3. The molecule has 21 heavy (non-hydrogen) atoms.